The monoisotopic (exact) mass is 475 g/mol. The number of aromatic nitrogens is 3. The first-order chi connectivity index (χ1) is 16.7. The van der Waals surface area contributed by atoms with Crippen LogP contribution >= 0.6 is 11.6 Å². The highest BCUT2D eigenvalue weighted by Gasteiger charge is 2.36. The summed E-state index contributed by atoms with van der Waals surface area (Å²) >= 11 is 6.58. The van der Waals surface area contributed by atoms with E-state index < -0.39 is 0 Å². The van der Waals surface area contributed by atoms with Gasteiger partial charge in [-0.1, -0.05) is 66.9 Å². The molecule has 1 fully saturated rings. The van der Waals surface area contributed by atoms with E-state index in [0.717, 1.165) is 59.6 Å². The topological polar surface area (TPSA) is 65.7 Å². The molecule has 7 heteroatoms. The van der Waals surface area contributed by atoms with Crippen molar-refractivity contribution in [3.05, 3.63) is 83.5 Å². The van der Waals surface area contributed by atoms with Crippen LogP contribution in [0.25, 0.3) is 16.8 Å². The first-order valence-electron chi connectivity index (χ1n) is 11.5. The molecule has 34 heavy (non-hydrogen) atoms. The summed E-state index contributed by atoms with van der Waals surface area (Å²) in [7, 11) is 1.45. The molecule has 2 aromatic carbocycles. The van der Waals surface area contributed by atoms with E-state index in [1.165, 1.54) is 7.11 Å². The van der Waals surface area contributed by atoms with Gasteiger partial charge in [0, 0.05) is 23.9 Å². The largest absolute Gasteiger partial charge is 0.489 e. The minimum absolute atomic E-state index is 0.0431. The van der Waals surface area contributed by atoms with Gasteiger partial charge in [-0.3, -0.25) is 9.20 Å². The molecule has 2 unspecified atom stereocenters. The Bertz CT molecular complexity index is 1310. The summed E-state index contributed by atoms with van der Waals surface area (Å²) in [5.41, 5.74) is 3.44. The summed E-state index contributed by atoms with van der Waals surface area (Å²) in [6, 6.07) is 17.9. The first-order valence-corrected chi connectivity index (χ1v) is 11.9. The van der Waals surface area contributed by atoms with Gasteiger partial charge in [-0.2, -0.15) is 0 Å². The molecule has 0 radical (unpaired) electrons. The fourth-order valence-electron chi connectivity index (χ4n) is 4.83. The van der Waals surface area contributed by atoms with Gasteiger partial charge in [0.05, 0.1) is 18.7 Å². The number of hydrogen-bond acceptors (Lipinski definition) is 5. The Labute approximate surface area is 203 Å². The van der Waals surface area contributed by atoms with Gasteiger partial charge in [0.25, 0.3) is 0 Å². The van der Waals surface area contributed by atoms with Gasteiger partial charge in [-0.25, -0.2) is 9.97 Å². The SMILES string of the molecule is COC(=O)C1CCCCC1c1nc(-c2cccc(OCc3ccccc3)c2)c2c(Cl)nccn12. The second kappa shape index (κ2) is 9.85. The lowest BCUT2D eigenvalue weighted by molar-refractivity contribution is -0.147. The molecular weight excluding hydrogens is 450 g/mol. The third kappa shape index (κ3) is 4.38. The quantitative estimate of drug-likeness (QED) is 0.316. The van der Waals surface area contributed by atoms with Gasteiger partial charge in [-0.05, 0) is 30.5 Å². The highest BCUT2D eigenvalue weighted by atomic mass is 35.5. The molecule has 2 atom stereocenters. The van der Waals surface area contributed by atoms with Crippen LogP contribution in [-0.2, 0) is 16.1 Å². The lowest BCUT2D eigenvalue weighted by Crippen LogP contribution is -2.28. The second-order valence-corrected chi connectivity index (χ2v) is 8.94. The standard InChI is InChI=1S/C27H26ClN3O3/c1-33-27(32)22-13-6-5-12-21(22)26-30-23(24-25(28)29-14-15-31(24)26)19-10-7-11-20(16-19)34-17-18-8-3-2-4-9-18/h2-4,7-11,14-16,21-22H,5-6,12-13,17H2,1H3. The van der Waals surface area contributed by atoms with Crippen molar-refractivity contribution in [2.45, 2.75) is 38.2 Å². The summed E-state index contributed by atoms with van der Waals surface area (Å²) in [6.45, 7) is 0.477. The Hall–Kier alpha value is -3.38. The van der Waals surface area contributed by atoms with E-state index in [9.17, 15) is 4.79 Å². The molecule has 2 aromatic heterocycles. The molecule has 4 aromatic rings. The lowest BCUT2D eigenvalue weighted by Gasteiger charge is -2.28. The van der Waals surface area contributed by atoms with E-state index in [-0.39, 0.29) is 17.8 Å². The summed E-state index contributed by atoms with van der Waals surface area (Å²) in [4.78, 5) is 21.9. The summed E-state index contributed by atoms with van der Waals surface area (Å²) < 4.78 is 13.1. The lowest BCUT2D eigenvalue weighted by atomic mass is 9.78. The fourth-order valence-corrected chi connectivity index (χ4v) is 5.07. The number of imidazole rings is 1. The predicted octanol–water partition coefficient (Wildman–Crippen LogP) is 6.08. The maximum atomic E-state index is 12.5. The molecule has 0 bridgehead atoms. The highest BCUT2D eigenvalue weighted by Crippen LogP contribution is 2.41. The third-order valence-electron chi connectivity index (χ3n) is 6.49. The minimum atomic E-state index is -0.218. The molecule has 174 valence electrons. The average Bonchev–Trinajstić information content (AvgIpc) is 3.29. The van der Waals surface area contributed by atoms with Crippen LogP contribution in [0.4, 0.5) is 0 Å². The molecule has 5 rings (SSSR count). The Morgan fingerprint density at radius 3 is 2.76 bits per heavy atom. The summed E-state index contributed by atoms with van der Waals surface area (Å²) in [5, 5.41) is 0.372. The van der Waals surface area contributed by atoms with E-state index in [0.29, 0.717) is 11.8 Å². The van der Waals surface area contributed by atoms with Crippen LogP contribution in [0.15, 0.2) is 67.0 Å². The fraction of sp³-hybridized carbons (Fsp3) is 0.296. The number of halogens is 1. The summed E-state index contributed by atoms with van der Waals surface area (Å²) in [5.74, 6) is 1.12. The molecule has 1 saturated carbocycles. The molecular formula is C27H26ClN3O3. The zero-order valence-electron chi connectivity index (χ0n) is 19.0. The second-order valence-electron chi connectivity index (χ2n) is 8.58. The number of esters is 1. The van der Waals surface area contributed by atoms with E-state index >= 15 is 0 Å². The Morgan fingerprint density at radius 1 is 1.12 bits per heavy atom. The number of hydrogen-bond donors (Lipinski definition) is 0. The number of carbonyl (C=O) groups excluding carboxylic acids is 1. The van der Waals surface area contributed by atoms with Gasteiger partial charge >= 0.3 is 5.97 Å². The van der Waals surface area contributed by atoms with Crippen molar-refractivity contribution >= 4 is 23.1 Å². The van der Waals surface area contributed by atoms with E-state index in [2.05, 4.69) is 4.98 Å². The molecule has 0 aliphatic heterocycles. The zero-order chi connectivity index (χ0) is 23.5. The van der Waals surface area contributed by atoms with Gasteiger partial charge < -0.3 is 9.47 Å². The first kappa shape index (κ1) is 22.4. The number of rotatable bonds is 6. The predicted molar refractivity (Wildman–Crippen MR) is 131 cm³/mol. The summed E-state index contributed by atoms with van der Waals surface area (Å²) in [6.07, 6.45) is 7.26. The van der Waals surface area contributed by atoms with Gasteiger partial charge in [-0.15, -0.1) is 0 Å². The van der Waals surface area contributed by atoms with Gasteiger partial charge in [0.15, 0.2) is 5.15 Å². The van der Waals surface area contributed by atoms with E-state index in [1.807, 2.05) is 65.2 Å². The Morgan fingerprint density at radius 2 is 1.94 bits per heavy atom. The van der Waals surface area contributed by atoms with Crippen LogP contribution in [0, 0.1) is 5.92 Å². The number of benzene rings is 2. The van der Waals surface area contributed by atoms with Crippen molar-refractivity contribution < 1.29 is 14.3 Å². The van der Waals surface area contributed by atoms with Crippen molar-refractivity contribution in [2.75, 3.05) is 7.11 Å². The van der Waals surface area contributed by atoms with Crippen LogP contribution in [0.2, 0.25) is 5.15 Å². The maximum Gasteiger partial charge on any atom is 0.309 e. The van der Waals surface area contributed by atoms with E-state index in [1.54, 1.807) is 6.20 Å². The molecule has 0 saturated heterocycles. The smallest absolute Gasteiger partial charge is 0.309 e. The number of ether oxygens (including phenoxy) is 2. The number of carbonyl (C=O) groups is 1. The third-order valence-corrected chi connectivity index (χ3v) is 6.77. The number of fused-ring (bicyclic) bond motifs is 1. The van der Waals surface area contributed by atoms with Gasteiger partial charge in [0.2, 0.25) is 0 Å². The Balaban J connectivity index is 1.54. The van der Waals surface area contributed by atoms with Crippen LogP contribution < -0.4 is 4.74 Å². The molecule has 1 aliphatic carbocycles. The van der Waals surface area contributed by atoms with Crippen LogP contribution in [0.3, 0.4) is 0 Å². The molecule has 0 amide bonds. The van der Waals surface area contributed by atoms with Crippen molar-refractivity contribution in [2.24, 2.45) is 5.92 Å². The number of nitrogens with zero attached hydrogens (tertiary/aromatic N) is 3. The molecule has 1 aliphatic rings. The average molecular weight is 476 g/mol. The van der Waals surface area contributed by atoms with Crippen molar-refractivity contribution in [1.82, 2.24) is 14.4 Å². The van der Waals surface area contributed by atoms with Crippen molar-refractivity contribution in [3.8, 4) is 17.0 Å². The van der Waals surface area contributed by atoms with Crippen LogP contribution in [0.1, 0.15) is 43.0 Å². The van der Waals surface area contributed by atoms with Crippen molar-refractivity contribution in [1.29, 1.82) is 0 Å². The Kier molecular flexibility index (Phi) is 6.50. The van der Waals surface area contributed by atoms with E-state index in [4.69, 9.17) is 26.1 Å². The minimum Gasteiger partial charge on any atom is -0.489 e. The zero-order valence-corrected chi connectivity index (χ0v) is 19.7. The molecule has 0 spiro atoms. The molecule has 2 heterocycles. The maximum absolute atomic E-state index is 12.5. The molecule has 0 N–H and O–H groups in total. The van der Waals surface area contributed by atoms with Gasteiger partial charge in [0.1, 0.15) is 23.7 Å². The number of methoxy groups -OCH3 is 1. The van der Waals surface area contributed by atoms with Crippen LogP contribution in [0.5, 0.6) is 5.75 Å². The highest BCUT2D eigenvalue weighted by molar-refractivity contribution is 6.33. The van der Waals surface area contributed by atoms with Crippen molar-refractivity contribution in [3.63, 3.8) is 0 Å². The normalized spacial score (nSPS) is 18.1. The molecule has 6 nitrogen and oxygen atoms in total. The van der Waals surface area contributed by atoms with Crippen LogP contribution in [-0.4, -0.2) is 27.4 Å².